The molecule has 0 saturated carbocycles. The van der Waals surface area contributed by atoms with Crippen LogP contribution < -0.4 is 5.73 Å². The molecule has 1 fully saturated rings. The number of aromatic nitrogens is 3. The van der Waals surface area contributed by atoms with Gasteiger partial charge < -0.3 is 10.6 Å². The summed E-state index contributed by atoms with van der Waals surface area (Å²) in [4.78, 5) is 27.0. The lowest BCUT2D eigenvalue weighted by molar-refractivity contribution is -0.137. The Labute approximate surface area is 177 Å². The highest BCUT2D eigenvalue weighted by atomic mass is 19.4. The second kappa shape index (κ2) is 8.33. The number of rotatable bonds is 3. The highest BCUT2D eigenvalue weighted by Crippen LogP contribution is 2.35. The van der Waals surface area contributed by atoms with Crippen molar-refractivity contribution in [2.24, 2.45) is 0 Å². The molecule has 31 heavy (non-hydrogen) atoms. The van der Waals surface area contributed by atoms with Crippen molar-refractivity contribution in [1.29, 1.82) is 0 Å². The molecule has 1 amide bonds. The van der Waals surface area contributed by atoms with E-state index in [0.717, 1.165) is 25.0 Å². The zero-order valence-corrected chi connectivity index (χ0v) is 16.5. The predicted octanol–water partition coefficient (Wildman–Crippen LogP) is 4.16. The van der Waals surface area contributed by atoms with Crippen molar-refractivity contribution in [3.63, 3.8) is 0 Å². The zero-order valence-electron chi connectivity index (χ0n) is 16.5. The summed E-state index contributed by atoms with van der Waals surface area (Å²) in [5, 5.41) is 0. The summed E-state index contributed by atoms with van der Waals surface area (Å²) >= 11 is 0. The smallest absolute Gasteiger partial charge is 0.368 e. The Morgan fingerprint density at radius 2 is 1.90 bits per heavy atom. The first-order chi connectivity index (χ1) is 14.8. The van der Waals surface area contributed by atoms with E-state index >= 15 is 0 Å². The van der Waals surface area contributed by atoms with Crippen LogP contribution >= 0.6 is 0 Å². The fourth-order valence-corrected chi connectivity index (χ4v) is 3.84. The molecule has 2 aromatic heterocycles. The summed E-state index contributed by atoms with van der Waals surface area (Å²) in [7, 11) is 0. The average molecular weight is 427 g/mol. The van der Waals surface area contributed by atoms with E-state index in [9.17, 15) is 18.0 Å². The molecule has 1 aliphatic heterocycles. The third kappa shape index (κ3) is 4.50. The maximum absolute atomic E-state index is 12.9. The molecule has 0 bridgehead atoms. The Hall–Kier alpha value is -3.49. The Balaban J connectivity index is 1.63. The van der Waals surface area contributed by atoms with Crippen LogP contribution in [0, 0.1) is 0 Å². The van der Waals surface area contributed by atoms with Gasteiger partial charge in [0, 0.05) is 43.2 Å². The van der Waals surface area contributed by atoms with Gasteiger partial charge in [0.2, 0.25) is 5.95 Å². The molecule has 4 rings (SSSR count). The highest BCUT2D eigenvalue weighted by molar-refractivity contribution is 5.94. The van der Waals surface area contributed by atoms with Gasteiger partial charge in [0.25, 0.3) is 5.91 Å². The number of hydrogen-bond donors (Lipinski definition) is 1. The monoisotopic (exact) mass is 427 g/mol. The number of nitrogens with two attached hydrogens (primary N) is 1. The summed E-state index contributed by atoms with van der Waals surface area (Å²) in [6, 6.07) is 8.31. The Kier molecular flexibility index (Phi) is 5.58. The fraction of sp³-hybridized carbons (Fsp3) is 0.273. The van der Waals surface area contributed by atoms with E-state index in [-0.39, 0.29) is 17.8 Å². The summed E-state index contributed by atoms with van der Waals surface area (Å²) in [6.45, 7) is 1.04. The summed E-state index contributed by atoms with van der Waals surface area (Å²) < 4.78 is 38.8. The van der Waals surface area contributed by atoms with E-state index in [1.807, 2.05) is 0 Å². The van der Waals surface area contributed by atoms with Crippen LogP contribution in [0.4, 0.5) is 19.1 Å². The maximum Gasteiger partial charge on any atom is 0.416 e. The number of likely N-dealkylation sites (tertiary alicyclic amines) is 1. The molecular weight excluding hydrogens is 407 g/mol. The maximum atomic E-state index is 12.9. The molecule has 3 heterocycles. The summed E-state index contributed by atoms with van der Waals surface area (Å²) in [5.74, 6) is -0.144. The first kappa shape index (κ1) is 20.8. The lowest BCUT2D eigenvalue weighted by Crippen LogP contribution is -2.39. The van der Waals surface area contributed by atoms with Gasteiger partial charge in [0.15, 0.2) is 0 Å². The largest absolute Gasteiger partial charge is 0.416 e. The molecule has 0 aliphatic carbocycles. The number of halogens is 3. The van der Waals surface area contributed by atoms with Crippen molar-refractivity contribution in [3.05, 3.63) is 71.8 Å². The molecule has 1 aliphatic rings. The summed E-state index contributed by atoms with van der Waals surface area (Å²) in [6.07, 6.45) is 1.81. The van der Waals surface area contributed by atoms with Gasteiger partial charge in [-0.15, -0.1) is 0 Å². The molecular formula is C22H20F3N5O. The lowest BCUT2D eigenvalue weighted by atomic mass is 9.89. The lowest BCUT2D eigenvalue weighted by Gasteiger charge is -2.33. The first-order valence-electron chi connectivity index (χ1n) is 9.82. The van der Waals surface area contributed by atoms with Gasteiger partial charge in [-0.2, -0.15) is 13.2 Å². The number of hydrogen-bond acceptors (Lipinski definition) is 5. The van der Waals surface area contributed by atoms with Crippen LogP contribution in [0.5, 0.6) is 0 Å². The standard InChI is InChI=1S/C22H20F3N5O/c23-22(24,25)17-7-5-14(6-8-17)18-12-28-21(26)29-19(18)16-4-2-10-30(13-16)20(31)15-3-1-9-27-11-15/h1,3,5-9,11-12,16H,2,4,10,13H2,(H2,26,28,29). The Morgan fingerprint density at radius 1 is 1.13 bits per heavy atom. The second-order valence-electron chi connectivity index (χ2n) is 7.43. The van der Waals surface area contributed by atoms with Gasteiger partial charge in [-0.05, 0) is 42.7 Å². The van der Waals surface area contributed by atoms with Crippen molar-refractivity contribution in [2.45, 2.75) is 24.9 Å². The van der Waals surface area contributed by atoms with Crippen molar-refractivity contribution in [1.82, 2.24) is 19.9 Å². The number of pyridine rings is 1. The number of carbonyl (C=O) groups is 1. The Morgan fingerprint density at radius 3 is 2.58 bits per heavy atom. The molecule has 0 spiro atoms. The van der Waals surface area contributed by atoms with Gasteiger partial charge in [0.05, 0.1) is 16.8 Å². The molecule has 160 valence electrons. The SMILES string of the molecule is Nc1ncc(-c2ccc(C(F)(F)F)cc2)c(C2CCCN(C(=O)c3cccnc3)C2)n1. The molecule has 1 saturated heterocycles. The topological polar surface area (TPSA) is 85.0 Å². The van der Waals surface area contributed by atoms with Crippen LogP contribution in [0.15, 0.2) is 55.0 Å². The minimum atomic E-state index is -4.41. The van der Waals surface area contributed by atoms with E-state index in [1.165, 1.54) is 24.5 Å². The van der Waals surface area contributed by atoms with Crippen molar-refractivity contribution < 1.29 is 18.0 Å². The third-order valence-electron chi connectivity index (χ3n) is 5.36. The molecule has 9 heteroatoms. The van der Waals surface area contributed by atoms with Gasteiger partial charge in [0.1, 0.15) is 0 Å². The van der Waals surface area contributed by atoms with Crippen LogP contribution in [0.2, 0.25) is 0 Å². The predicted molar refractivity (Wildman–Crippen MR) is 109 cm³/mol. The van der Waals surface area contributed by atoms with Gasteiger partial charge in [-0.25, -0.2) is 9.97 Å². The van der Waals surface area contributed by atoms with E-state index in [4.69, 9.17) is 5.73 Å². The quantitative estimate of drug-likeness (QED) is 0.679. The number of carbonyl (C=O) groups excluding carboxylic acids is 1. The number of nitrogen functional groups attached to an aromatic ring is 1. The molecule has 1 aromatic carbocycles. The van der Waals surface area contributed by atoms with E-state index < -0.39 is 11.7 Å². The number of anilines is 1. The van der Waals surface area contributed by atoms with Gasteiger partial charge in [-0.1, -0.05) is 12.1 Å². The molecule has 0 radical (unpaired) electrons. The molecule has 3 aromatic rings. The van der Waals surface area contributed by atoms with E-state index in [2.05, 4.69) is 15.0 Å². The molecule has 1 unspecified atom stereocenters. The van der Waals surface area contributed by atoms with Crippen LogP contribution in [0.25, 0.3) is 11.1 Å². The van der Waals surface area contributed by atoms with Crippen molar-refractivity contribution in [3.8, 4) is 11.1 Å². The van der Waals surface area contributed by atoms with Crippen molar-refractivity contribution >= 4 is 11.9 Å². The molecule has 2 N–H and O–H groups in total. The minimum absolute atomic E-state index is 0.0846. The molecule has 1 atom stereocenters. The average Bonchev–Trinajstić information content (AvgIpc) is 2.79. The minimum Gasteiger partial charge on any atom is -0.368 e. The van der Waals surface area contributed by atoms with E-state index in [0.29, 0.717) is 35.5 Å². The van der Waals surface area contributed by atoms with Gasteiger partial charge in [-0.3, -0.25) is 9.78 Å². The number of amides is 1. The third-order valence-corrected chi connectivity index (χ3v) is 5.36. The number of piperidine rings is 1. The Bertz CT molecular complexity index is 1070. The van der Waals surface area contributed by atoms with Crippen LogP contribution in [0.1, 0.15) is 40.4 Å². The zero-order chi connectivity index (χ0) is 22.0. The van der Waals surface area contributed by atoms with Gasteiger partial charge >= 0.3 is 6.18 Å². The van der Waals surface area contributed by atoms with Crippen LogP contribution in [-0.4, -0.2) is 38.8 Å². The fourth-order valence-electron chi connectivity index (χ4n) is 3.84. The summed E-state index contributed by atoms with van der Waals surface area (Å²) in [5.41, 5.74) is 7.42. The van der Waals surface area contributed by atoms with E-state index in [1.54, 1.807) is 23.2 Å². The second-order valence-corrected chi connectivity index (χ2v) is 7.43. The first-order valence-corrected chi connectivity index (χ1v) is 9.82. The van der Waals surface area contributed by atoms with Crippen LogP contribution in [-0.2, 0) is 6.18 Å². The number of nitrogens with zero attached hydrogens (tertiary/aromatic N) is 4. The highest BCUT2D eigenvalue weighted by Gasteiger charge is 2.31. The van der Waals surface area contributed by atoms with Crippen LogP contribution in [0.3, 0.4) is 0 Å². The number of benzene rings is 1. The number of alkyl halides is 3. The van der Waals surface area contributed by atoms with Crippen molar-refractivity contribution in [2.75, 3.05) is 18.8 Å². The molecule has 6 nitrogen and oxygen atoms in total. The normalized spacial score (nSPS) is 16.9.